The number of hydrogen-bond acceptors (Lipinski definition) is 10. The van der Waals surface area contributed by atoms with Gasteiger partial charge >= 0.3 is 11.9 Å². The second kappa shape index (κ2) is 29.0. The Morgan fingerprint density at radius 2 is 1.26 bits per heavy atom. The number of aliphatic hydroxyl groups excluding tert-OH is 4. The van der Waals surface area contributed by atoms with Gasteiger partial charge in [0.15, 0.2) is 5.96 Å². The van der Waals surface area contributed by atoms with Gasteiger partial charge in [0, 0.05) is 13.5 Å². The summed E-state index contributed by atoms with van der Waals surface area (Å²) in [6, 6.07) is -1.51. The lowest BCUT2D eigenvalue weighted by Gasteiger charge is -2.21. The molecule has 0 bridgehead atoms. The summed E-state index contributed by atoms with van der Waals surface area (Å²) in [6.07, 6.45) is 0.553. The third-order valence-corrected chi connectivity index (χ3v) is 3.52. The predicted molar refractivity (Wildman–Crippen MR) is 146 cm³/mol. The molecule has 0 rings (SSSR count). The Morgan fingerprint density at radius 1 is 0.868 bits per heavy atom. The zero-order chi connectivity index (χ0) is 31.5. The molecular weight excluding hydrogens is 506 g/mol. The number of quaternary nitrogens is 1. The van der Waals surface area contributed by atoms with Crippen molar-refractivity contribution < 1.29 is 49.5 Å². The van der Waals surface area contributed by atoms with Crippen molar-refractivity contribution in [3.05, 3.63) is 0 Å². The first kappa shape index (κ1) is 45.3. The Hall–Kier alpha value is -2.60. The van der Waals surface area contributed by atoms with Gasteiger partial charge in [-0.3, -0.25) is 19.4 Å². The average molecular weight is 561 g/mol. The van der Waals surface area contributed by atoms with E-state index in [4.69, 9.17) is 53.6 Å². The van der Waals surface area contributed by atoms with Crippen molar-refractivity contribution >= 4 is 23.8 Å². The van der Waals surface area contributed by atoms with Crippen LogP contribution in [0.25, 0.3) is 0 Å². The van der Waals surface area contributed by atoms with E-state index in [0.29, 0.717) is 31.7 Å². The van der Waals surface area contributed by atoms with Crippen LogP contribution in [0, 0.1) is 5.92 Å². The highest BCUT2D eigenvalue weighted by molar-refractivity contribution is 5.75. The van der Waals surface area contributed by atoms with E-state index >= 15 is 0 Å². The number of carbonyl (C=O) groups is 3. The summed E-state index contributed by atoms with van der Waals surface area (Å²) in [5.74, 6) is -1.88. The van der Waals surface area contributed by atoms with E-state index in [2.05, 4.69) is 31.9 Å². The van der Waals surface area contributed by atoms with Crippen LogP contribution in [0.4, 0.5) is 0 Å². The number of carboxylic acids is 2. The molecular formula is C22H54N7O9+. The molecule has 230 valence electrons. The third-order valence-electron chi connectivity index (χ3n) is 3.52. The van der Waals surface area contributed by atoms with Crippen LogP contribution in [-0.2, 0) is 14.4 Å². The van der Waals surface area contributed by atoms with Gasteiger partial charge in [0.05, 0.1) is 41.0 Å². The zero-order valence-electron chi connectivity index (χ0n) is 23.7. The average Bonchev–Trinajstić information content (AvgIpc) is 2.75. The van der Waals surface area contributed by atoms with E-state index < -0.39 is 30.1 Å². The molecule has 16 nitrogen and oxygen atoms in total. The maximum Gasteiger partial charge on any atom is 0.320 e. The van der Waals surface area contributed by atoms with Crippen LogP contribution in [0.3, 0.4) is 0 Å². The number of primary amides is 1. The van der Waals surface area contributed by atoms with Gasteiger partial charge in [-0.05, 0) is 25.2 Å². The molecule has 0 aromatic heterocycles. The molecule has 0 heterocycles. The number of carbonyl (C=O) groups excluding carboxylic acids is 1. The molecule has 0 saturated carbocycles. The molecule has 0 aromatic rings. The third kappa shape index (κ3) is 58.9. The quantitative estimate of drug-likeness (QED) is 0.0476. The Kier molecular flexibility index (Phi) is 34.5. The van der Waals surface area contributed by atoms with E-state index in [9.17, 15) is 14.4 Å². The molecule has 0 aromatic carbocycles. The number of likely N-dealkylation sites (N-methyl/N-ethyl adjacent to an activating group) is 1. The topological polar surface area (TPSA) is 315 Å². The minimum atomic E-state index is -1.00. The van der Waals surface area contributed by atoms with Crippen LogP contribution >= 0.6 is 0 Å². The minimum absolute atomic E-state index is 0.0129. The second-order valence-electron chi connectivity index (χ2n) is 9.33. The lowest BCUT2D eigenvalue weighted by atomic mass is 10.1. The summed E-state index contributed by atoms with van der Waals surface area (Å²) in [5.41, 5.74) is 25.0. The number of hydrogen-bond donors (Lipinski definition) is 11. The highest BCUT2D eigenvalue weighted by atomic mass is 16.4. The van der Waals surface area contributed by atoms with Gasteiger partial charge in [-0.2, -0.15) is 0 Å². The number of guanidine groups is 1. The second-order valence-corrected chi connectivity index (χ2v) is 9.33. The fraction of sp³-hybridized carbons (Fsp3) is 0.818. The summed E-state index contributed by atoms with van der Waals surface area (Å²) in [7, 11) is 6.16. The fourth-order valence-corrected chi connectivity index (χ4v) is 1.61. The molecule has 16 heteroatoms. The van der Waals surface area contributed by atoms with E-state index in [1.807, 2.05) is 13.8 Å². The van der Waals surface area contributed by atoms with Crippen molar-refractivity contribution in [1.29, 1.82) is 0 Å². The largest absolute Gasteiger partial charge is 0.480 e. The van der Waals surface area contributed by atoms with Crippen LogP contribution in [0.2, 0.25) is 0 Å². The smallest absolute Gasteiger partial charge is 0.320 e. The van der Waals surface area contributed by atoms with Crippen LogP contribution in [0.15, 0.2) is 4.99 Å². The molecule has 0 aliphatic heterocycles. The van der Waals surface area contributed by atoms with Crippen molar-refractivity contribution in [2.24, 2.45) is 39.6 Å². The summed E-state index contributed by atoms with van der Waals surface area (Å²) in [6.45, 7) is 6.01. The normalized spacial score (nSPS) is 11.5. The van der Waals surface area contributed by atoms with Crippen molar-refractivity contribution in [1.82, 2.24) is 0 Å². The molecule has 2 unspecified atom stereocenters. The van der Waals surface area contributed by atoms with Gasteiger partial charge in [0.1, 0.15) is 24.7 Å². The maximum absolute atomic E-state index is 10.2. The van der Waals surface area contributed by atoms with Crippen molar-refractivity contribution in [2.75, 3.05) is 54.1 Å². The Bertz CT molecular complexity index is 604. The van der Waals surface area contributed by atoms with Crippen molar-refractivity contribution in [3.63, 3.8) is 0 Å². The van der Waals surface area contributed by atoms with Gasteiger partial charge in [0.25, 0.3) is 0 Å². The van der Waals surface area contributed by atoms with Crippen LogP contribution < -0.4 is 28.7 Å². The van der Waals surface area contributed by atoms with Crippen molar-refractivity contribution in [3.8, 4) is 0 Å². The van der Waals surface area contributed by atoms with E-state index in [1.54, 1.807) is 0 Å². The zero-order valence-corrected chi connectivity index (χ0v) is 23.7. The summed E-state index contributed by atoms with van der Waals surface area (Å²) in [5, 5.41) is 49.1. The Balaban J connectivity index is -0.000000125. The molecule has 1 amide bonds. The van der Waals surface area contributed by atoms with Gasteiger partial charge in [-0.1, -0.05) is 13.8 Å². The molecule has 2 atom stereocenters. The Labute approximate surface area is 225 Å². The lowest BCUT2D eigenvalue weighted by molar-refractivity contribution is -0.870. The molecule has 0 aliphatic carbocycles. The van der Waals surface area contributed by atoms with Crippen LogP contribution in [0.1, 0.15) is 40.0 Å². The van der Waals surface area contributed by atoms with E-state index in [1.165, 1.54) is 6.92 Å². The molecule has 0 spiro atoms. The van der Waals surface area contributed by atoms with Crippen LogP contribution in [-0.4, -0.2) is 131 Å². The first-order valence-electron chi connectivity index (χ1n) is 11.8. The standard InChI is InChI=1S/C6H14N4O2.C6H13NO2.C5H14NO.C3H8O3.C2H5NO/c7-4(5(11)12)2-1-3-10-6(8)9;1-4(2)3-5(7)6(8)9;1-6(2,3)4-5-7;4-1-3(6)2-5;1-2(3)4/h4H,1-3,7H2,(H,11,12)(H4,8,9,10);4-5H,3,7H2,1-2H3,(H,8,9);7H,4-5H2,1-3H3;3-6H,1-2H2;1H3,(H2,3,4)/q;;+1;;. The van der Waals surface area contributed by atoms with Gasteiger partial charge in [0.2, 0.25) is 5.91 Å². The van der Waals surface area contributed by atoms with E-state index in [0.717, 1.165) is 11.0 Å². The molecule has 38 heavy (non-hydrogen) atoms. The van der Waals surface area contributed by atoms with Gasteiger partial charge in [-0.25, -0.2) is 0 Å². The molecule has 0 fully saturated rings. The number of nitrogens with zero attached hydrogens (tertiary/aromatic N) is 2. The first-order chi connectivity index (χ1) is 17.2. The monoisotopic (exact) mass is 560 g/mol. The number of rotatable bonds is 12. The van der Waals surface area contributed by atoms with Crippen LogP contribution in [0.5, 0.6) is 0 Å². The Morgan fingerprint density at radius 3 is 1.42 bits per heavy atom. The predicted octanol–water partition coefficient (Wildman–Crippen LogP) is -3.60. The number of nitrogens with two attached hydrogens (primary N) is 5. The lowest BCUT2D eigenvalue weighted by Crippen LogP contribution is -2.36. The molecule has 16 N–H and O–H groups in total. The SMILES string of the molecule is CC(C)CC(N)C(=O)O.CC(N)=O.C[N+](C)(C)CCO.NC(N)=NCCCC(N)C(=O)O.OCC(O)CO. The number of carboxylic acid groups (broad SMARTS) is 2. The fourth-order valence-electron chi connectivity index (χ4n) is 1.61. The molecule has 0 aliphatic rings. The van der Waals surface area contributed by atoms with Gasteiger partial charge < -0.3 is 63.8 Å². The number of aliphatic imine (C=N–C) groups is 1. The first-order valence-corrected chi connectivity index (χ1v) is 11.8. The summed E-state index contributed by atoms with van der Waals surface area (Å²) in [4.78, 5) is 33.2. The van der Waals surface area contributed by atoms with Gasteiger partial charge in [-0.15, -0.1) is 0 Å². The number of amides is 1. The molecule has 0 radical (unpaired) electrons. The summed E-state index contributed by atoms with van der Waals surface area (Å²) >= 11 is 0. The highest BCUT2D eigenvalue weighted by Gasteiger charge is 2.12. The number of aliphatic hydroxyl groups is 4. The summed E-state index contributed by atoms with van der Waals surface area (Å²) < 4.78 is 0.844. The van der Waals surface area contributed by atoms with Crippen molar-refractivity contribution in [2.45, 2.75) is 58.2 Å². The highest BCUT2D eigenvalue weighted by Crippen LogP contribution is 2.01. The van der Waals surface area contributed by atoms with E-state index in [-0.39, 0.29) is 31.7 Å². The maximum atomic E-state index is 10.2. The number of aliphatic carboxylic acids is 2. The minimum Gasteiger partial charge on any atom is -0.480 e. The molecule has 0 saturated heterocycles.